The van der Waals surface area contributed by atoms with E-state index in [0.29, 0.717) is 0 Å². The second kappa shape index (κ2) is 7.86. The number of allylic oxidation sites excluding steroid dienone is 2. The first-order valence-corrected chi connectivity index (χ1v) is 7.39. The molecule has 1 heteroatoms. The van der Waals surface area contributed by atoms with Gasteiger partial charge in [-0.3, -0.25) is 4.90 Å². The lowest BCUT2D eigenvalue weighted by atomic mass is 9.98. The summed E-state index contributed by atoms with van der Waals surface area (Å²) in [6.45, 7) is 14.2. The Morgan fingerprint density at radius 1 is 1.33 bits per heavy atom. The van der Waals surface area contributed by atoms with Crippen LogP contribution in [0.2, 0.25) is 0 Å². The molecular weight excluding hydrogens is 254 g/mol. The fourth-order valence-electron chi connectivity index (χ4n) is 1.86. The lowest BCUT2D eigenvalue weighted by molar-refractivity contribution is 0.363. The third-order valence-electron chi connectivity index (χ3n) is 2.94. The van der Waals surface area contributed by atoms with Crippen molar-refractivity contribution >= 4 is 5.57 Å². The van der Waals surface area contributed by atoms with Crippen LogP contribution in [0.3, 0.4) is 0 Å². The molecular formula is C20H27N. The van der Waals surface area contributed by atoms with Gasteiger partial charge in [0.15, 0.2) is 0 Å². The summed E-state index contributed by atoms with van der Waals surface area (Å²) in [7, 11) is 2.12. The van der Waals surface area contributed by atoms with E-state index < -0.39 is 0 Å². The summed E-state index contributed by atoms with van der Waals surface area (Å²) in [4.78, 5) is 2.27. The Kier molecular flexibility index (Phi) is 6.46. The highest BCUT2D eigenvalue weighted by molar-refractivity contribution is 5.61. The van der Waals surface area contributed by atoms with E-state index in [0.717, 1.165) is 18.7 Å². The normalized spacial score (nSPS) is 11.5. The number of benzene rings is 1. The molecule has 0 N–H and O–H groups in total. The molecule has 0 heterocycles. The van der Waals surface area contributed by atoms with Crippen LogP contribution in [0.1, 0.15) is 38.8 Å². The molecule has 0 amide bonds. The van der Waals surface area contributed by atoms with Crippen molar-refractivity contribution in [1.29, 1.82) is 0 Å². The van der Waals surface area contributed by atoms with Crippen LogP contribution in [0.4, 0.5) is 0 Å². The van der Waals surface area contributed by atoms with Gasteiger partial charge in [0.2, 0.25) is 0 Å². The van der Waals surface area contributed by atoms with Gasteiger partial charge >= 0.3 is 0 Å². The van der Waals surface area contributed by atoms with Crippen LogP contribution in [0.5, 0.6) is 0 Å². The minimum absolute atomic E-state index is 0.0687. The molecule has 1 rings (SSSR count). The lowest BCUT2D eigenvalue weighted by Crippen LogP contribution is -2.17. The number of rotatable bonds is 5. The van der Waals surface area contributed by atoms with Crippen LogP contribution in [-0.4, -0.2) is 18.5 Å². The van der Waals surface area contributed by atoms with E-state index in [4.69, 9.17) is 0 Å². The fourth-order valence-corrected chi connectivity index (χ4v) is 1.86. The van der Waals surface area contributed by atoms with Gasteiger partial charge in [-0.25, -0.2) is 0 Å². The van der Waals surface area contributed by atoms with E-state index in [9.17, 15) is 0 Å². The topological polar surface area (TPSA) is 3.24 Å². The van der Waals surface area contributed by atoms with Gasteiger partial charge in [0.1, 0.15) is 0 Å². The lowest BCUT2D eigenvalue weighted by Gasteiger charge is -2.15. The predicted octanol–water partition coefficient (Wildman–Crippen LogP) is 4.76. The van der Waals surface area contributed by atoms with Crippen molar-refractivity contribution in [3.63, 3.8) is 0 Å². The summed E-state index contributed by atoms with van der Waals surface area (Å²) >= 11 is 0. The van der Waals surface area contributed by atoms with E-state index in [-0.39, 0.29) is 5.41 Å². The van der Waals surface area contributed by atoms with E-state index in [2.05, 4.69) is 81.5 Å². The monoisotopic (exact) mass is 281 g/mol. The highest BCUT2D eigenvalue weighted by atomic mass is 15.1. The van der Waals surface area contributed by atoms with Crippen LogP contribution in [0.25, 0.3) is 5.57 Å². The Morgan fingerprint density at radius 2 is 2.05 bits per heavy atom. The van der Waals surface area contributed by atoms with Gasteiger partial charge in [0.25, 0.3) is 0 Å². The Balaban J connectivity index is 2.52. The molecule has 0 bridgehead atoms. The summed E-state index contributed by atoms with van der Waals surface area (Å²) in [5.74, 6) is 6.30. The molecule has 0 radical (unpaired) electrons. The van der Waals surface area contributed by atoms with Crippen LogP contribution >= 0.6 is 0 Å². The number of hydrogen-bond acceptors (Lipinski definition) is 1. The Morgan fingerprint density at radius 3 is 2.67 bits per heavy atom. The van der Waals surface area contributed by atoms with Crippen molar-refractivity contribution in [2.75, 3.05) is 13.6 Å². The summed E-state index contributed by atoms with van der Waals surface area (Å²) in [5, 5.41) is 0. The first kappa shape index (κ1) is 17.3. The number of nitrogens with zero attached hydrogens (tertiary/aromatic N) is 1. The SMILES string of the molecule is C=C(C)c1cccc(CN(C)C/C=C\C#CC(C)(C)C)c1. The Hall–Kier alpha value is -1.78. The zero-order valence-electron chi connectivity index (χ0n) is 14.0. The molecule has 0 aliphatic rings. The summed E-state index contributed by atoms with van der Waals surface area (Å²) in [5.41, 5.74) is 3.70. The minimum atomic E-state index is 0.0687. The van der Waals surface area contributed by atoms with E-state index in [1.807, 2.05) is 13.0 Å². The van der Waals surface area contributed by atoms with E-state index in [1.54, 1.807) is 0 Å². The van der Waals surface area contributed by atoms with Gasteiger partial charge < -0.3 is 0 Å². The third kappa shape index (κ3) is 7.54. The van der Waals surface area contributed by atoms with E-state index >= 15 is 0 Å². The van der Waals surface area contributed by atoms with Crippen molar-refractivity contribution in [1.82, 2.24) is 4.90 Å². The molecule has 0 saturated carbocycles. The molecule has 0 aliphatic carbocycles. The van der Waals surface area contributed by atoms with Gasteiger partial charge in [-0.1, -0.05) is 54.3 Å². The second-order valence-electron chi connectivity index (χ2n) is 6.60. The molecule has 0 unspecified atom stereocenters. The molecule has 0 atom stereocenters. The fraction of sp³-hybridized carbons (Fsp3) is 0.400. The molecule has 1 nitrogen and oxygen atoms in total. The first-order valence-electron chi connectivity index (χ1n) is 7.39. The molecule has 0 fully saturated rings. The van der Waals surface area contributed by atoms with Gasteiger partial charge in [0.05, 0.1) is 0 Å². The van der Waals surface area contributed by atoms with Crippen LogP contribution in [-0.2, 0) is 6.54 Å². The zero-order valence-corrected chi connectivity index (χ0v) is 14.0. The molecule has 1 aromatic rings. The third-order valence-corrected chi connectivity index (χ3v) is 2.94. The number of likely N-dealkylation sites (N-methyl/N-ethyl adjacent to an activating group) is 1. The van der Waals surface area contributed by atoms with Gasteiger partial charge in [-0.2, -0.15) is 0 Å². The van der Waals surface area contributed by atoms with Crippen molar-refractivity contribution in [3.05, 3.63) is 54.1 Å². The second-order valence-corrected chi connectivity index (χ2v) is 6.60. The predicted molar refractivity (Wildman–Crippen MR) is 93.9 cm³/mol. The molecule has 0 spiro atoms. The van der Waals surface area contributed by atoms with E-state index in [1.165, 1.54) is 11.1 Å². The molecule has 0 aliphatic heterocycles. The maximum Gasteiger partial charge on any atom is 0.0234 e. The highest BCUT2D eigenvalue weighted by Gasteiger charge is 2.02. The summed E-state index contributed by atoms with van der Waals surface area (Å²) in [6, 6.07) is 8.57. The maximum absolute atomic E-state index is 4.00. The highest BCUT2D eigenvalue weighted by Crippen LogP contribution is 2.14. The van der Waals surface area contributed by atoms with Gasteiger partial charge in [-0.15, -0.1) is 0 Å². The molecule has 112 valence electrons. The molecule has 0 aromatic heterocycles. The van der Waals surface area contributed by atoms with Crippen molar-refractivity contribution in [3.8, 4) is 11.8 Å². The summed E-state index contributed by atoms with van der Waals surface area (Å²) < 4.78 is 0. The van der Waals surface area contributed by atoms with Crippen LogP contribution in [0, 0.1) is 17.3 Å². The standard InChI is InChI=1S/C20H27N/c1-17(2)19-12-10-11-18(15-19)16-21(6)14-9-7-8-13-20(3,4)5/h7,9-12,15H,1,14,16H2,2-6H3/b9-7-. The first-order chi connectivity index (χ1) is 9.78. The molecule has 1 aromatic carbocycles. The zero-order chi connectivity index (χ0) is 15.9. The summed E-state index contributed by atoms with van der Waals surface area (Å²) in [6.07, 6.45) is 4.06. The molecule has 0 saturated heterocycles. The van der Waals surface area contributed by atoms with Crippen molar-refractivity contribution < 1.29 is 0 Å². The quantitative estimate of drug-likeness (QED) is 0.704. The largest absolute Gasteiger partial charge is 0.298 e. The van der Waals surface area contributed by atoms with Gasteiger partial charge in [-0.05, 0) is 51.9 Å². The van der Waals surface area contributed by atoms with Crippen molar-refractivity contribution in [2.24, 2.45) is 5.41 Å². The van der Waals surface area contributed by atoms with Crippen molar-refractivity contribution in [2.45, 2.75) is 34.2 Å². The minimum Gasteiger partial charge on any atom is -0.298 e. The smallest absolute Gasteiger partial charge is 0.0234 e. The number of hydrogen-bond donors (Lipinski definition) is 0. The maximum atomic E-state index is 4.00. The molecule has 21 heavy (non-hydrogen) atoms. The Labute approximate surface area is 130 Å². The average Bonchev–Trinajstić information content (AvgIpc) is 2.37. The van der Waals surface area contributed by atoms with Crippen LogP contribution < -0.4 is 0 Å². The average molecular weight is 281 g/mol. The van der Waals surface area contributed by atoms with Gasteiger partial charge in [0, 0.05) is 18.5 Å². The van der Waals surface area contributed by atoms with Crippen LogP contribution in [0.15, 0.2) is 43.0 Å². The Bertz CT molecular complexity index is 561.